The molecule has 0 aliphatic carbocycles. The van der Waals surface area contributed by atoms with Crippen molar-refractivity contribution in [2.75, 3.05) is 26.2 Å². The molecule has 0 spiro atoms. The fraction of sp³-hybridized carbons (Fsp3) is 0.294. The zero-order chi connectivity index (χ0) is 18.0. The van der Waals surface area contributed by atoms with E-state index in [1.165, 1.54) is 4.31 Å². The summed E-state index contributed by atoms with van der Waals surface area (Å²) in [6, 6.07) is 10.3. The lowest BCUT2D eigenvalue weighted by atomic mass is 10.2. The summed E-state index contributed by atoms with van der Waals surface area (Å²) >= 11 is 9.42. The molecule has 0 atom stereocenters. The second-order valence-electron chi connectivity index (χ2n) is 5.81. The number of hydrogen-bond donors (Lipinski definition) is 1. The Morgan fingerprint density at radius 2 is 1.88 bits per heavy atom. The van der Waals surface area contributed by atoms with Crippen molar-refractivity contribution in [3.8, 4) is 11.5 Å². The maximum atomic E-state index is 13.1. The number of rotatable bonds is 4. The molecule has 0 bridgehead atoms. The molecule has 1 fully saturated rings. The van der Waals surface area contributed by atoms with E-state index in [0.29, 0.717) is 41.4 Å². The Bertz CT molecular complexity index is 863. The molecule has 1 heterocycles. The average Bonchev–Trinajstić information content (AvgIpc) is 2.56. The predicted molar refractivity (Wildman–Crippen MR) is 102 cm³/mol. The van der Waals surface area contributed by atoms with Gasteiger partial charge in [-0.25, -0.2) is 8.42 Å². The van der Waals surface area contributed by atoms with E-state index < -0.39 is 10.0 Å². The maximum Gasteiger partial charge on any atom is 0.246 e. The van der Waals surface area contributed by atoms with Crippen molar-refractivity contribution in [2.45, 2.75) is 11.8 Å². The third-order valence-electron chi connectivity index (χ3n) is 3.84. The van der Waals surface area contributed by atoms with E-state index in [9.17, 15) is 8.42 Å². The van der Waals surface area contributed by atoms with Crippen molar-refractivity contribution in [3.05, 3.63) is 51.5 Å². The van der Waals surface area contributed by atoms with Gasteiger partial charge in [0.25, 0.3) is 0 Å². The summed E-state index contributed by atoms with van der Waals surface area (Å²) < 4.78 is 34.1. The second-order valence-corrected chi connectivity index (χ2v) is 9.07. The van der Waals surface area contributed by atoms with E-state index in [0.717, 1.165) is 5.56 Å². The zero-order valence-corrected chi connectivity index (χ0v) is 16.8. The highest BCUT2D eigenvalue weighted by Gasteiger charge is 2.29. The summed E-state index contributed by atoms with van der Waals surface area (Å²) in [6.07, 6.45) is 0. The summed E-state index contributed by atoms with van der Waals surface area (Å²) in [5, 5.41) is 3.70. The molecule has 134 valence electrons. The van der Waals surface area contributed by atoms with Crippen LogP contribution in [0.2, 0.25) is 5.02 Å². The van der Waals surface area contributed by atoms with Crippen molar-refractivity contribution >= 4 is 37.6 Å². The highest BCUT2D eigenvalue weighted by atomic mass is 79.9. The number of piperazine rings is 1. The Kier molecular flexibility index (Phi) is 5.70. The Balaban J connectivity index is 2.00. The van der Waals surface area contributed by atoms with Crippen molar-refractivity contribution < 1.29 is 13.2 Å². The van der Waals surface area contributed by atoms with Gasteiger partial charge in [-0.15, -0.1) is 0 Å². The zero-order valence-electron chi connectivity index (χ0n) is 13.6. The van der Waals surface area contributed by atoms with Crippen molar-refractivity contribution in [2.24, 2.45) is 0 Å². The van der Waals surface area contributed by atoms with E-state index in [1.807, 2.05) is 19.1 Å². The first-order valence-electron chi connectivity index (χ1n) is 7.82. The second kappa shape index (κ2) is 7.63. The molecule has 0 radical (unpaired) electrons. The van der Waals surface area contributed by atoms with Gasteiger partial charge >= 0.3 is 0 Å². The highest BCUT2D eigenvalue weighted by Crippen LogP contribution is 2.34. The molecular formula is C17H18BrClN2O3S. The lowest BCUT2D eigenvalue weighted by molar-refractivity contribution is 0.358. The first-order chi connectivity index (χ1) is 11.9. The third kappa shape index (κ3) is 4.35. The largest absolute Gasteiger partial charge is 0.456 e. The van der Waals surface area contributed by atoms with Gasteiger partial charge < -0.3 is 10.1 Å². The lowest BCUT2D eigenvalue weighted by Gasteiger charge is -2.27. The first-order valence-corrected chi connectivity index (χ1v) is 10.4. The average molecular weight is 446 g/mol. The van der Waals surface area contributed by atoms with Gasteiger partial charge in [-0.3, -0.25) is 0 Å². The number of sulfonamides is 1. The number of halogens is 2. The predicted octanol–water partition coefficient (Wildman–Crippen LogP) is 3.80. The minimum Gasteiger partial charge on any atom is -0.456 e. The van der Waals surface area contributed by atoms with Crippen molar-refractivity contribution in [1.82, 2.24) is 9.62 Å². The molecule has 1 N–H and O–H groups in total. The molecule has 2 aromatic carbocycles. The number of aryl methyl sites for hydroxylation is 1. The number of benzene rings is 2. The summed E-state index contributed by atoms with van der Waals surface area (Å²) in [5.41, 5.74) is 0.936. The van der Waals surface area contributed by atoms with Crippen LogP contribution < -0.4 is 10.1 Å². The molecule has 1 aliphatic rings. The van der Waals surface area contributed by atoms with Gasteiger partial charge in [0.1, 0.15) is 16.4 Å². The van der Waals surface area contributed by atoms with Gasteiger partial charge in [0.2, 0.25) is 10.0 Å². The van der Waals surface area contributed by atoms with Crippen molar-refractivity contribution in [3.63, 3.8) is 0 Å². The fourth-order valence-electron chi connectivity index (χ4n) is 2.68. The summed E-state index contributed by atoms with van der Waals surface area (Å²) in [7, 11) is -3.65. The van der Waals surface area contributed by atoms with Gasteiger partial charge in [-0.2, -0.15) is 4.31 Å². The Hall–Kier alpha value is -1.12. The standard InChI is InChI=1S/C17H18BrClN2O3S/c1-12-8-14(19)11-15(9-12)24-16-3-2-13(18)10-17(16)25(22,23)21-6-4-20-5-7-21/h2-3,8-11,20H,4-7H2,1H3. The molecule has 1 aliphatic heterocycles. The van der Waals surface area contributed by atoms with Gasteiger partial charge in [-0.05, 0) is 48.9 Å². The quantitative estimate of drug-likeness (QED) is 0.778. The van der Waals surface area contributed by atoms with Crippen LogP contribution in [-0.4, -0.2) is 38.9 Å². The van der Waals surface area contributed by atoms with E-state index in [4.69, 9.17) is 16.3 Å². The van der Waals surface area contributed by atoms with Crippen molar-refractivity contribution in [1.29, 1.82) is 0 Å². The molecule has 0 aromatic heterocycles. The van der Waals surface area contributed by atoms with Crippen LogP contribution in [0.5, 0.6) is 11.5 Å². The number of hydrogen-bond acceptors (Lipinski definition) is 4. The van der Waals surface area contributed by atoms with E-state index in [1.54, 1.807) is 24.3 Å². The lowest BCUT2D eigenvalue weighted by Crippen LogP contribution is -2.46. The van der Waals surface area contributed by atoms with Crippen LogP contribution in [0.25, 0.3) is 0 Å². The van der Waals surface area contributed by atoms with Crippen LogP contribution in [0.1, 0.15) is 5.56 Å². The molecule has 2 aromatic rings. The third-order valence-corrected chi connectivity index (χ3v) is 6.47. The Morgan fingerprint density at radius 3 is 2.56 bits per heavy atom. The van der Waals surface area contributed by atoms with Crippen LogP contribution in [0.3, 0.4) is 0 Å². The van der Waals surface area contributed by atoms with Crippen LogP contribution in [0.4, 0.5) is 0 Å². The number of nitrogens with zero attached hydrogens (tertiary/aromatic N) is 1. The van der Waals surface area contributed by atoms with Gasteiger partial charge in [0, 0.05) is 35.7 Å². The van der Waals surface area contributed by atoms with E-state index >= 15 is 0 Å². The monoisotopic (exact) mass is 444 g/mol. The Labute approximate surface area is 161 Å². The Morgan fingerprint density at radius 1 is 1.16 bits per heavy atom. The minimum atomic E-state index is -3.65. The topological polar surface area (TPSA) is 58.6 Å². The SMILES string of the molecule is Cc1cc(Cl)cc(Oc2ccc(Br)cc2S(=O)(=O)N2CCNCC2)c1. The maximum absolute atomic E-state index is 13.1. The van der Waals surface area contributed by atoms with E-state index in [-0.39, 0.29) is 10.6 Å². The fourth-order valence-corrected chi connectivity index (χ4v) is 5.05. The smallest absolute Gasteiger partial charge is 0.246 e. The van der Waals surface area contributed by atoms with E-state index in [2.05, 4.69) is 21.2 Å². The number of ether oxygens (including phenoxy) is 1. The van der Waals surface area contributed by atoms with Gasteiger partial charge in [0.15, 0.2) is 0 Å². The molecule has 25 heavy (non-hydrogen) atoms. The number of nitrogens with one attached hydrogen (secondary N) is 1. The summed E-state index contributed by atoms with van der Waals surface area (Å²) in [4.78, 5) is 0.140. The molecule has 8 heteroatoms. The van der Waals surface area contributed by atoms with Gasteiger partial charge in [0.05, 0.1) is 0 Å². The molecule has 5 nitrogen and oxygen atoms in total. The van der Waals surface area contributed by atoms with Crippen LogP contribution in [-0.2, 0) is 10.0 Å². The molecule has 0 amide bonds. The normalized spacial score (nSPS) is 16.0. The molecule has 3 rings (SSSR count). The minimum absolute atomic E-state index is 0.140. The molecule has 0 saturated carbocycles. The van der Waals surface area contributed by atoms with Gasteiger partial charge in [-0.1, -0.05) is 27.5 Å². The molecule has 0 unspecified atom stereocenters. The molecular weight excluding hydrogens is 428 g/mol. The van der Waals surface area contributed by atoms with Crippen LogP contribution >= 0.6 is 27.5 Å². The van der Waals surface area contributed by atoms with Crippen LogP contribution in [0.15, 0.2) is 45.8 Å². The summed E-state index contributed by atoms with van der Waals surface area (Å²) in [6.45, 7) is 4.04. The first kappa shape index (κ1) is 18.7. The van der Waals surface area contributed by atoms with Crippen LogP contribution in [0, 0.1) is 6.92 Å². The summed E-state index contributed by atoms with van der Waals surface area (Å²) in [5.74, 6) is 0.785. The molecule has 1 saturated heterocycles. The highest BCUT2D eigenvalue weighted by molar-refractivity contribution is 9.10.